The Morgan fingerprint density at radius 1 is 1.35 bits per heavy atom. The van der Waals surface area contributed by atoms with Crippen molar-refractivity contribution in [3.05, 3.63) is 29.8 Å². The molecule has 0 spiro atoms. The molecule has 0 unspecified atom stereocenters. The molecule has 5 nitrogen and oxygen atoms in total. The van der Waals surface area contributed by atoms with Gasteiger partial charge in [0.2, 0.25) is 0 Å². The Morgan fingerprint density at radius 3 is 2.95 bits per heavy atom. The van der Waals surface area contributed by atoms with E-state index in [1.165, 1.54) is 12.8 Å². The van der Waals surface area contributed by atoms with Gasteiger partial charge in [-0.2, -0.15) is 0 Å². The van der Waals surface area contributed by atoms with E-state index in [0.717, 1.165) is 25.0 Å². The highest BCUT2D eigenvalue weighted by Gasteiger charge is 2.14. The molecule has 106 valence electrons. The van der Waals surface area contributed by atoms with Crippen molar-refractivity contribution >= 4 is 22.8 Å². The van der Waals surface area contributed by atoms with Crippen LogP contribution < -0.4 is 11.1 Å². The standard InChI is InChI=1S/C15H19N3O2/c16-14-10-12-11(4-3-5-13(12)20-14)15(19)17-6-9-18-7-1-2-8-18/h3-5,10H,1-2,6-9,16H2,(H,17,19). The summed E-state index contributed by atoms with van der Waals surface area (Å²) in [5.74, 6) is 0.257. The van der Waals surface area contributed by atoms with E-state index in [2.05, 4.69) is 10.2 Å². The summed E-state index contributed by atoms with van der Waals surface area (Å²) in [5, 5.41) is 3.73. The Balaban J connectivity index is 1.65. The molecule has 1 aliphatic heterocycles. The van der Waals surface area contributed by atoms with Crippen molar-refractivity contribution in [1.29, 1.82) is 0 Å². The summed E-state index contributed by atoms with van der Waals surface area (Å²) >= 11 is 0. The molecule has 0 atom stereocenters. The van der Waals surface area contributed by atoms with E-state index in [0.29, 0.717) is 23.6 Å². The Bertz CT molecular complexity index is 615. The zero-order valence-corrected chi connectivity index (χ0v) is 11.4. The van der Waals surface area contributed by atoms with Crippen molar-refractivity contribution in [2.75, 3.05) is 31.9 Å². The number of rotatable bonds is 4. The van der Waals surface area contributed by atoms with E-state index in [-0.39, 0.29) is 5.91 Å². The highest BCUT2D eigenvalue weighted by molar-refractivity contribution is 6.06. The number of carbonyl (C=O) groups excluding carboxylic acids is 1. The first-order valence-electron chi connectivity index (χ1n) is 7.02. The van der Waals surface area contributed by atoms with Gasteiger partial charge in [0.05, 0.1) is 5.56 Å². The van der Waals surface area contributed by atoms with Crippen LogP contribution in [0.1, 0.15) is 23.2 Å². The smallest absolute Gasteiger partial charge is 0.252 e. The minimum atomic E-state index is -0.0735. The van der Waals surface area contributed by atoms with Crippen molar-refractivity contribution in [3.8, 4) is 0 Å². The first-order valence-corrected chi connectivity index (χ1v) is 7.02. The van der Waals surface area contributed by atoms with Gasteiger partial charge in [-0.1, -0.05) is 6.07 Å². The van der Waals surface area contributed by atoms with E-state index in [9.17, 15) is 4.79 Å². The third-order valence-corrected chi connectivity index (χ3v) is 3.74. The van der Waals surface area contributed by atoms with Crippen LogP contribution in [0.25, 0.3) is 11.0 Å². The molecule has 1 amide bonds. The molecule has 2 heterocycles. The van der Waals surface area contributed by atoms with Crippen LogP contribution in [0.2, 0.25) is 0 Å². The average molecular weight is 273 g/mol. The van der Waals surface area contributed by atoms with Crippen LogP contribution in [0.5, 0.6) is 0 Å². The van der Waals surface area contributed by atoms with Gasteiger partial charge in [0.1, 0.15) is 5.58 Å². The summed E-state index contributed by atoms with van der Waals surface area (Å²) in [6, 6.07) is 7.11. The van der Waals surface area contributed by atoms with Crippen molar-refractivity contribution < 1.29 is 9.21 Å². The molecule has 0 saturated carbocycles. The lowest BCUT2D eigenvalue weighted by Gasteiger charge is -2.14. The molecule has 1 saturated heterocycles. The third-order valence-electron chi connectivity index (χ3n) is 3.74. The van der Waals surface area contributed by atoms with Gasteiger partial charge >= 0.3 is 0 Å². The average Bonchev–Trinajstić information content (AvgIpc) is 3.05. The lowest BCUT2D eigenvalue weighted by atomic mass is 10.1. The zero-order valence-electron chi connectivity index (χ0n) is 11.4. The number of furan rings is 1. The number of nitrogens with one attached hydrogen (secondary N) is 1. The van der Waals surface area contributed by atoms with Gasteiger partial charge in [0.25, 0.3) is 5.91 Å². The van der Waals surface area contributed by atoms with E-state index >= 15 is 0 Å². The van der Waals surface area contributed by atoms with Crippen LogP contribution in [-0.2, 0) is 0 Å². The van der Waals surface area contributed by atoms with Gasteiger partial charge in [0, 0.05) is 24.5 Å². The third kappa shape index (κ3) is 2.63. The number of amides is 1. The van der Waals surface area contributed by atoms with Gasteiger partial charge in [0.15, 0.2) is 5.88 Å². The number of nitrogens with two attached hydrogens (primary N) is 1. The van der Waals surface area contributed by atoms with Crippen LogP contribution in [0.15, 0.2) is 28.7 Å². The van der Waals surface area contributed by atoms with E-state index in [4.69, 9.17) is 10.2 Å². The van der Waals surface area contributed by atoms with Gasteiger partial charge in [-0.05, 0) is 38.1 Å². The number of fused-ring (bicyclic) bond motifs is 1. The Hall–Kier alpha value is -2.01. The van der Waals surface area contributed by atoms with E-state index in [1.54, 1.807) is 18.2 Å². The highest BCUT2D eigenvalue weighted by atomic mass is 16.3. The number of benzene rings is 1. The molecule has 5 heteroatoms. The van der Waals surface area contributed by atoms with Crippen LogP contribution >= 0.6 is 0 Å². The molecule has 1 fully saturated rings. The van der Waals surface area contributed by atoms with Crippen LogP contribution in [0, 0.1) is 0 Å². The summed E-state index contributed by atoms with van der Waals surface area (Å²) in [7, 11) is 0. The largest absolute Gasteiger partial charge is 0.441 e. The van der Waals surface area contributed by atoms with Crippen molar-refractivity contribution in [3.63, 3.8) is 0 Å². The minimum absolute atomic E-state index is 0.0735. The fourth-order valence-electron chi connectivity index (χ4n) is 2.71. The molecule has 1 aromatic carbocycles. The second-order valence-corrected chi connectivity index (χ2v) is 5.17. The Morgan fingerprint density at radius 2 is 2.15 bits per heavy atom. The van der Waals surface area contributed by atoms with Crippen LogP contribution in [0.4, 0.5) is 5.88 Å². The number of likely N-dealkylation sites (tertiary alicyclic amines) is 1. The number of anilines is 1. The number of carbonyl (C=O) groups is 1. The second kappa shape index (κ2) is 5.54. The van der Waals surface area contributed by atoms with Crippen molar-refractivity contribution in [2.24, 2.45) is 0 Å². The van der Waals surface area contributed by atoms with E-state index < -0.39 is 0 Å². The first-order chi connectivity index (χ1) is 9.74. The SMILES string of the molecule is Nc1cc2c(C(=O)NCCN3CCCC3)cccc2o1. The predicted octanol–water partition coefficient (Wildman–Crippen LogP) is 1.84. The first kappa shape index (κ1) is 13.0. The second-order valence-electron chi connectivity index (χ2n) is 5.17. The summed E-state index contributed by atoms with van der Waals surface area (Å²) in [5.41, 5.74) is 6.90. The number of nitrogen functional groups attached to an aromatic ring is 1. The fourth-order valence-corrected chi connectivity index (χ4v) is 2.71. The molecule has 1 aromatic heterocycles. The van der Waals surface area contributed by atoms with Crippen molar-refractivity contribution in [2.45, 2.75) is 12.8 Å². The number of nitrogens with zero attached hydrogens (tertiary/aromatic N) is 1. The van der Waals surface area contributed by atoms with Gasteiger partial charge < -0.3 is 20.4 Å². The zero-order chi connectivity index (χ0) is 13.9. The molecule has 0 aliphatic carbocycles. The van der Waals surface area contributed by atoms with Crippen LogP contribution in [-0.4, -0.2) is 37.0 Å². The maximum absolute atomic E-state index is 12.2. The van der Waals surface area contributed by atoms with Gasteiger partial charge in [-0.3, -0.25) is 4.79 Å². The lowest BCUT2D eigenvalue weighted by Crippen LogP contribution is -2.33. The molecule has 3 rings (SSSR count). The maximum atomic E-state index is 12.2. The molecular weight excluding hydrogens is 254 g/mol. The summed E-state index contributed by atoms with van der Waals surface area (Å²) in [4.78, 5) is 14.6. The normalized spacial score (nSPS) is 15.8. The summed E-state index contributed by atoms with van der Waals surface area (Å²) in [6.07, 6.45) is 2.53. The van der Waals surface area contributed by atoms with E-state index in [1.807, 2.05) is 6.07 Å². The fraction of sp³-hybridized carbons (Fsp3) is 0.400. The molecule has 1 aliphatic rings. The van der Waals surface area contributed by atoms with Gasteiger partial charge in [-0.15, -0.1) is 0 Å². The monoisotopic (exact) mass is 273 g/mol. The molecule has 0 radical (unpaired) electrons. The molecule has 3 N–H and O–H groups in total. The summed E-state index contributed by atoms with van der Waals surface area (Å²) < 4.78 is 5.33. The summed E-state index contributed by atoms with van der Waals surface area (Å²) in [6.45, 7) is 3.87. The molecule has 0 bridgehead atoms. The van der Waals surface area contributed by atoms with Gasteiger partial charge in [-0.25, -0.2) is 0 Å². The van der Waals surface area contributed by atoms with Crippen LogP contribution in [0.3, 0.4) is 0 Å². The Labute approximate surface area is 117 Å². The Kier molecular flexibility index (Phi) is 3.60. The minimum Gasteiger partial charge on any atom is -0.441 e. The topological polar surface area (TPSA) is 71.5 Å². The number of hydrogen-bond donors (Lipinski definition) is 2. The number of hydrogen-bond acceptors (Lipinski definition) is 4. The maximum Gasteiger partial charge on any atom is 0.252 e. The lowest BCUT2D eigenvalue weighted by molar-refractivity contribution is 0.0951. The molecular formula is C15H19N3O2. The highest BCUT2D eigenvalue weighted by Crippen LogP contribution is 2.24. The molecule has 2 aromatic rings. The quantitative estimate of drug-likeness (QED) is 0.891. The van der Waals surface area contributed by atoms with Crippen molar-refractivity contribution in [1.82, 2.24) is 10.2 Å². The molecule has 20 heavy (non-hydrogen) atoms. The predicted molar refractivity (Wildman–Crippen MR) is 78.6 cm³/mol.